The van der Waals surface area contributed by atoms with Gasteiger partial charge in [-0.05, 0) is 30.9 Å². The Labute approximate surface area is 179 Å². The Morgan fingerprint density at radius 1 is 1.11 bits per heavy atom. The van der Waals surface area contributed by atoms with Crippen LogP contribution in [0.1, 0.15) is 38.2 Å². The average molecular weight is 493 g/mol. The van der Waals surface area contributed by atoms with E-state index in [4.69, 9.17) is 9.47 Å². The van der Waals surface area contributed by atoms with E-state index in [0.29, 0.717) is 32.9 Å². The standard InChI is InChI=1S/C20H32FN3O2.HI/c1-3-4-12-25-14-15-26-13-11-23-19(22-2)24-16-20(9-10-20)17-7-5-6-8-18(17)21;/h5-8H,3-4,9-16H2,1-2H3,(H2,22,23,24);1H. The minimum Gasteiger partial charge on any atom is -0.379 e. The Bertz CT molecular complexity index is 568. The van der Waals surface area contributed by atoms with Crippen LogP contribution in [0.5, 0.6) is 0 Å². The first-order valence-corrected chi connectivity index (χ1v) is 9.57. The molecule has 0 radical (unpaired) electrons. The van der Waals surface area contributed by atoms with E-state index in [2.05, 4.69) is 22.5 Å². The van der Waals surface area contributed by atoms with Crippen LogP contribution in [0.15, 0.2) is 29.3 Å². The van der Waals surface area contributed by atoms with Crippen molar-refractivity contribution < 1.29 is 13.9 Å². The summed E-state index contributed by atoms with van der Waals surface area (Å²) in [7, 11) is 1.74. The molecule has 1 fully saturated rings. The Hall–Kier alpha value is -0.930. The van der Waals surface area contributed by atoms with Gasteiger partial charge in [-0.3, -0.25) is 4.99 Å². The third kappa shape index (κ3) is 8.31. The molecule has 1 aliphatic rings. The molecule has 1 aromatic rings. The Kier molecular flexibility index (Phi) is 11.9. The number of rotatable bonds is 12. The molecule has 2 rings (SSSR count). The van der Waals surface area contributed by atoms with Gasteiger partial charge < -0.3 is 20.1 Å². The van der Waals surface area contributed by atoms with Crippen LogP contribution in [-0.4, -0.2) is 52.5 Å². The summed E-state index contributed by atoms with van der Waals surface area (Å²) in [6.45, 7) is 6.13. The summed E-state index contributed by atoms with van der Waals surface area (Å²) >= 11 is 0. The SMILES string of the molecule is CCCCOCCOCCNC(=NC)NCC1(c2ccccc2F)CC1.I. The first-order chi connectivity index (χ1) is 12.7. The van der Waals surface area contributed by atoms with Crippen LogP contribution in [0, 0.1) is 5.82 Å². The smallest absolute Gasteiger partial charge is 0.191 e. The molecular formula is C20H33FIN3O2. The fourth-order valence-corrected chi connectivity index (χ4v) is 2.87. The number of unbranched alkanes of at least 4 members (excludes halogenated alkanes) is 1. The number of benzene rings is 1. The van der Waals surface area contributed by atoms with Gasteiger partial charge in [0.1, 0.15) is 5.82 Å². The zero-order chi connectivity index (χ0) is 18.7. The third-order valence-corrected chi connectivity index (χ3v) is 4.67. The van der Waals surface area contributed by atoms with Crippen LogP contribution >= 0.6 is 24.0 Å². The van der Waals surface area contributed by atoms with Gasteiger partial charge in [0.05, 0.1) is 19.8 Å². The van der Waals surface area contributed by atoms with Crippen LogP contribution in [-0.2, 0) is 14.9 Å². The summed E-state index contributed by atoms with van der Waals surface area (Å²) in [4.78, 5) is 4.22. The van der Waals surface area contributed by atoms with Gasteiger partial charge in [0, 0.05) is 32.2 Å². The molecule has 0 spiro atoms. The van der Waals surface area contributed by atoms with Crippen molar-refractivity contribution in [2.45, 2.75) is 38.0 Å². The number of hydrogen-bond donors (Lipinski definition) is 2. The van der Waals surface area contributed by atoms with Gasteiger partial charge in [0.2, 0.25) is 0 Å². The Morgan fingerprint density at radius 2 is 1.81 bits per heavy atom. The van der Waals surface area contributed by atoms with Crippen LogP contribution < -0.4 is 10.6 Å². The van der Waals surface area contributed by atoms with Gasteiger partial charge in [-0.15, -0.1) is 24.0 Å². The minimum atomic E-state index is -0.121. The van der Waals surface area contributed by atoms with Crippen molar-refractivity contribution in [2.24, 2.45) is 4.99 Å². The summed E-state index contributed by atoms with van der Waals surface area (Å²) in [6.07, 6.45) is 4.24. The molecule has 0 aromatic heterocycles. The van der Waals surface area contributed by atoms with E-state index in [1.807, 2.05) is 12.1 Å². The van der Waals surface area contributed by atoms with Gasteiger partial charge in [-0.2, -0.15) is 0 Å². The van der Waals surface area contributed by atoms with Crippen molar-refractivity contribution in [3.63, 3.8) is 0 Å². The maximum Gasteiger partial charge on any atom is 0.191 e. The second-order valence-electron chi connectivity index (χ2n) is 6.69. The monoisotopic (exact) mass is 493 g/mol. The van der Waals surface area contributed by atoms with Crippen molar-refractivity contribution in [3.8, 4) is 0 Å². The van der Waals surface area contributed by atoms with Crippen LogP contribution in [0.2, 0.25) is 0 Å². The summed E-state index contributed by atoms with van der Waals surface area (Å²) < 4.78 is 25.0. The highest BCUT2D eigenvalue weighted by Gasteiger charge is 2.45. The molecular weight excluding hydrogens is 460 g/mol. The van der Waals surface area contributed by atoms with E-state index >= 15 is 0 Å². The van der Waals surface area contributed by atoms with E-state index in [9.17, 15) is 4.39 Å². The van der Waals surface area contributed by atoms with E-state index in [-0.39, 0.29) is 35.2 Å². The zero-order valence-electron chi connectivity index (χ0n) is 16.4. The summed E-state index contributed by atoms with van der Waals surface area (Å²) in [5, 5.41) is 6.54. The molecule has 27 heavy (non-hydrogen) atoms. The van der Waals surface area contributed by atoms with E-state index < -0.39 is 0 Å². The molecule has 2 N–H and O–H groups in total. The van der Waals surface area contributed by atoms with Crippen molar-refractivity contribution in [2.75, 3.05) is 46.6 Å². The first-order valence-electron chi connectivity index (χ1n) is 9.57. The minimum absolute atomic E-state index is 0. The van der Waals surface area contributed by atoms with Gasteiger partial charge in [-0.1, -0.05) is 31.5 Å². The highest BCUT2D eigenvalue weighted by Crippen LogP contribution is 2.48. The van der Waals surface area contributed by atoms with Gasteiger partial charge >= 0.3 is 0 Å². The number of guanidine groups is 1. The van der Waals surface area contributed by atoms with Gasteiger partial charge in [-0.25, -0.2) is 4.39 Å². The van der Waals surface area contributed by atoms with Crippen LogP contribution in [0.25, 0.3) is 0 Å². The largest absolute Gasteiger partial charge is 0.379 e. The Balaban J connectivity index is 0.00000364. The first kappa shape index (κ1) is 24.1. The molecule has 5 nitrogen and oxygen atoms in total. The second-order valence-corrected chi connectivity index (χ2v) is 6.69. The molecule has 1 aromatic carbocycles. The molecule has 1 saturated carbocycles. The Morgan fingerprint density at radius 3 is 2.44 bits per heavy atom. The van der Waals surface area contributed by atoms with E-state index in [1.165, 1.54) is 6.07 Å². The molecule has 0 unspecified atom stereocenters. The number of halogens is 2. The van der Waals surface area contributed by atoms with E-state index in [0.717, 1.165) is 43.8 Å². The second kappa shape index (κ2) is 13.3. The molecule has 0 saturated heterocycles. The van der Waals surface area contributed by atoms with Crippen molar-refractivity contribution in [1.82, 2.24) is 10.6 Å². The molecule has 0 atom stereocenters. The van der Waals surface area contributed by atoms with Crippen molar-refractivity contribution >= 4 is 29.9 Å². The molecule has 0 heterocycles. The molecule has 0 aliphatic heterocycles. The fraction of sp³-hybridized carbons (Fsp3) is 0.650. The molecule has 0 amide bonds. The topological polar surface area (TPSA) is 54.9 Å². The lowest BCUT2D eigenvalue weighted by atomic mass is 9.95. The molecule has 1 aliphatic carbocycles. The summed E-state index contributed by atoms with van der Waals surface area (Å²) in [5.41, 5.74) is 0.698. The highest BCUT2D eigenvalue weighted by molar-refractivity contribution is 14.0. The van der Waals surface area contributed by atoms with Crippen LogP contribution in [0.4, 0.5) is 4.39 Å². The number of aliphatic imine (C=N–C) groups is 1. The average Bonchev–Trinajstić information content (AvgIpc) is 3.44. The fourth-order valence-electron chi connectivity index (χ4n) is 2.87. The molecule has 0 bridgehead atoms. The van der Waals surface area contributed by atoms with Gasteiger partial charge in [0.25, 0.3) is 0 Å². The van der Waals surface area contributed by atoms with Crippen molar-refractivity contribution in [3.05, 3.63) is 35.6 Å². The number of nitrogens with one attached hydrogen (secondary N) is 2. The maximum absolute atomic E-state index is 14.1. The number of hydrogen-bond acceptors (Lipinski definition) is 3. The van der Waals surface area contributed by atoms with Crippen LogP contribution in [0.3, 0.4) is 0 Å². The van der Waals surface area contributed by atoms with E-state index in [1.54, 1.807) is 13.1 Å². The summed E-state index contributed by atoms with van der Waals surface area (Å²) in [6, 6.07) is 7.05. The van der Waals surface area contributed by atoms with Crippen molar-refractivity contribution in [1.29, 1.82) is 0 Å². The number of nitrogens with zero attached hydrogens (tertiary/aromatic N) is 1. The predicted octanol–water partition coefficient (Wildman–Crippen LogP) is 3.47. The zero-order valence-corrected chi connectivity index (χ0v) is 18.8. The lowest BCUT2D eigenvalue weighted by Gasteiger charge is -2.19. The predicted molar refractivity (Wildman–Crippen MR) is 119 cm³/mol. The summed E-state index contributed by atoms with van der Waals surface area (Å²) in [5.74, 6) is 0.597. The normalized spacial score (nSPS) is 15.1. The number of ether oxygens (including phenoxy) is 2. The van der Waals surface area contributed by atoms with Gasteiger partial charge in [0.15, 0.2) is 5.96 Å². The maximum atomic E-state index is 14.1. The molecule has 154 valence electrons. The quantitative estimate of drug-likeness (QED) is 0.203. The lowest BCUT2D eigenvalue weighted by molar-refractivity contribution is 0.0487. The molecule has 7 heteroatoms. The highest BCUT2D eigenvalue weighted by atomic mass is 127. The third-order valence-electron chi connectivity index (χ3n) is 4.67. The lowest BCUT2D eigenvalue weighted by Crippen LogP contribution is -2.42.